The second-order valence-electron chi connectivity index (χ2n) is 4.36. The lowest BCUT2D eigenvalue weighted by atomic mass is 9.81. The van der Waals surface area contributed by atoms with Crippen LogP contribution >= 0.6 is 15.9 Å². The van der Waals surface area contributed by atoms with Crippen LogP contribution in [0.5, 0.6) is 0 Å². The van der Waals surface area contributed by atoms with Gasteiger partial charge in [-0.25, -0.2) is 0 Å². The van der Waals surface area contributed by atoms with Crippen LogP contribution in [-0.2, 0) is 5.60 Å². The Morgan fingerprint density at radius 3 is 2.65 bits per heavy atom. The van der Waals surface area contributed by atoms with Crippen LogP contribution in [0.1, 0.15) is 25.3 Å². The Bertz CT molecular complexity index is 435. The van der Waals surface area contributed by atoms with Crippen LogP contribution in [0.3, 0.4) is 0 Å². The zero-order chi connectivity index (χ0) is 12.3. The Balaban J connectivity index is 2.41. The van der Waals surface area contributed by atoms with Crippen LogP contribution in [0.25, 0.3) is 0 Å². The smallest absolute Gasteiger partial charge is 0.114 e. The molecule has 0 saturated carbocycles. The number of alkyl halides is 1. The summed E-state index contributed by atoms with van der Waals surface area (Å²) in [5, 5.41) is 10.9. The van der Waals surface area contributed by atoms with Gasteiger partial charge in [0, 0.05) is 4.83 Å². The third-order valence-electron chi connectivity index (χ3n) is 3.26. The van der Waals surface area contributed by atoms with E-state index in [9.17, 15) is 5.11 Å². The Kier molecular flexibility index (Phi) is 3.85. The molecule has 0 aliphatic heterocycles. The first-order valence-corrected chi connectivity index (χ1v) is 6.89. The van der Waals surface area contributed by atoms with Gasteiger partial charge >= 0.3 is 0 Å². The van der Waals surface area contributed by atoms with E-state index in [1.807, 2.05) is 43.3 Å². The Hall–Kier alpha value is -0.860. The van der Waals surface area contributed by atoms with Crippen molar-refractivity contribution in [3.63, 3.8) is 0 Å². The largest absolute Gasteiger partial charge is 0.380 e. The van der Waals surface area contributed by atoms with Crippen molar-refractivity contribution in [3.8, 4) is 0 Å². The number of aliphatic hydroxyl groups is 1. The van der Waals surface area contributed by atoms with Gasteiger partial charge in [0.15, 0.2) is 0 Å². The van der Waals surface area contributed by atoms with Gasteiger partial charge in [-0.05, 0) is 24.0 Å². The summed E-state index contributed by atoms with van der Waals surface area (Å²) in [5.74, 6) is 0. The molecule has 17 heavy (non-hydrogen) atoms. The highest BCUT2D eigenvalue weighted by molar-refractivity contribution is 9.09. The third-order valence-corrected chi connectivity index (χ3v) is 3.90. The van der Waals surface area contributed by atoms with E-state index >= 15 is 0 Å². The molecule has 1 nitrogen and oxygen atoms in total. The van der Waals surface area contributed by atoms with Crippen molar-refractivity contribution in [3.05, 3.63) is 59.7 Å². The molecule has 0 radical (unpaired) electrons. The topological polar surface area (TPSA) is 20.2 Å². The van der Waals surface area contributed by atoms with E-state index in [4.69, 9.17) is 0 Å². The van der Waals surface area contributed by atoms with Crippen molar-refractivity contribution < 1.29 is 5.11 Å². The maximum Gasteiger partial charge on any atom is 0.114 e. The minimum absolute atomic E-state index is 0.323. The molecule has 0 amide bonds. The first-order chi connectivity index (χ1) is 8.16. The molecule has 2 rings (SSSR count). The summed E-state index contributed by atoms with van der Waals surface area (Å²) in [6.45, 7) is 2.01. The molecular formula is C15H17BrO. The van der Waals surface area contributed by atoms with E-state index in [0.29, 0.717) is 11.2 Å². The minimum Gasteiger partial charge on any atom is -0.380 e. The highest BCUT2D eigenvalue weighted by atomic mass is 79.9. The van der Waals surface area contributed by atoms with Gasteiger partial charge in [-0.1, -0.05) is 71.4 Å². The average Bonchev–Trinajstić information content (AvgIpc) is 2.39. The second-order valence-corrected chi connectivity index (χ2v) is 5.53. The van der Waals surface area contributed by atoms with E-state index in [1.165, 1.54) is 0 Å². The van der Waals surface area contributed by atoms with E-state index in [2.05, 4.69) is 28.1 Å². The first kappa shape index (κ1) is 12.6. The molecule has 1 aromatic carbocycles. The summed E-state index contributed by atoms with van der Waals surface area (Å²) in [5.41, 5.74) is 1.07. The summed E-state index contributed by atoms with van der Waals surface area (Å²) in [4.78, 5) is 0.323. The molecule has 2 unspecified atom stereocenters. The Labute approximate surface area is 111 Å². The van der Waals surface area contributed by atoms with Crippen LogP contribution in [0.2, 0.25) is 0 Å². The summed E-state index contributed by atoms with van der Waals surface area (Å²) < 4.78 is 0. The molecule has 1 aliphatic carbocycles. The molecule has 0 fully saturated rings. The molecule has 0 spiro atoms. The van der Waals surface area contributed by atoms with Gasteiger partial charge in [0.1, 0.15) is 5.60 Å². The molecule has 90 valence electrons. The van der Waals surface area contributed by atoms with Crippen LogP contribution < -0.4 is 0 Å². The molecule has 2 heteroatoms. The van der Waals surface area contributed by atoms with Crippen LogP contribution in [-0.4, -0.2) is 9.93 Å². The zero-order valence-corrected chi connectivity index (χ0v) is 11.5. The predicted octanol–water partition coefficient (Wildman–Crippen LogP) is 3.93. The number of halogens is 1. The average molecular weight is 293 g/mol. The van der Waals surface area contributed by atoms with Crippen molar-refractivity contribution in [2.75, 3.05) is 0 Å². The molecule has 1 aromatic rings. The monoisotopic (exact) mass is 292 g/mol. The molecule has 1 N–H and O–H groups in total. The van der Waals surface area contributed by atoms with Gasteiger partial charge in [-0.2, -0.15) is 0 Å². The summed E-state index contributed by atoms with van der Waals surface area (Å²) >= 11 is 3.58. The van der Waals surface area contributed by atoms with Crippen molar-refractivity contribution in [1.82, 2.24) is 0 Å². The molecule has 0 heterocycles. The lowest BCUT2D eigenvalue weighted by Gasteiger charge is -2.31. The minimum atomic E-state index is -0.871. The summed E-state index contributed by atoms with van der Waals surface area (Å²) in [6.07, 6.45) is 7.91. The quantitative estimate of drug-likeness (QED) is 0.837. The molecule has 1 aliphatic rings. The molecule has 0 saturated heterocycles. The van der Waals surface area contributed by atoms with Crippen LogP contribution in [0.4, 0.5) is 0 Å². The van der Waals surface area contributed by atoms with Crippen molar-refractivity contribution >= 4 is 15.9 Å². The van der Waals surface area contributed by atoms with Crippen LogP contribution in [0, 0.1) is 0 Å². The molecule has 0 bridgehead atoms. The summed E-state index contributed by atoms with van der Waals surface area (Å²) in [7, 11) is 0. The number of allylic oxidation sites excluding steroid dienone is 2. The molecule has 0 aromatic heterocycles. The normalized spacial score (nSPS) is 23.0. The number of hydrogen-bond donors (Lipinski definition) is 1. The van der Waals surface area contributed by atoms with E-state index in [1.54, 1.807) is 0 Å². The van der Waals surface area contributed by atoms with E-state index < -0.39 is 5.60 Å². The van der Waals surface area contributed by atoms with Crippen molar-refractivity contribution in [2.24, 2.45) is 0 Å². The SMILES string of the molecule is CCC(O)(C1=CC(Br)CC=C1)c1ccccc1. The highest BCUT2D eigenvalue weighted by Crippen LogP contribution is 2.36. The fourth-order valence-corrected chi connectivity index (χ4v) is 2.71. The Morgan fingerprint density at radius 2 is 2.06 bits per heavy atom. The second kappa shape index (κ2) is 5.19. The van der Waals surface area contributed by atoms with Gasteiger partial charge in [0.2, 0.25) is 0 Å². The molecule has 2 atom stereocenters. The molecular weight excluding hydrogens is 276 g/mol. The van der Waals surface area contributed by atoms with Gasteiger partial charge in [0.25, 0.3) is 0 Å². The fourth-order valence-electron chi connectivity index (χ4n) is 2.21. The number of benzene rings is 1. The van der Waals surface area contributed by atoms with E-state index in [-0.39, 0.29) is 0 Å². The third kappa shape index (κ3) is 2.53. The number of hydrogen-bond acceptors (Lipinski definition) is 1. The fraction of sp³-hybridized carbons (Fsp3) is 0.333. The Morgan fingerprint density at radius 1 is 1.35 bits per heavy atom. The van der Waals surface area contributed by atoms with Gasteiger partial charge in [0.05, 0.1) is 0 Å². The maximum atomic E-state index is 10.9. The standard InChI is InChI=1S/C15H17BrO/c1-2-15(17,12-7-4-3-5-8-12)13-9-6-10-14(16)11-13/h3-9,11,14,17H,2,10H2,1H3. The predicted molar refractivity (Wildman–Crippen MR) is 75.2 cm³/mol. The van der Waals surface area contributed by atoms with E-state index in [0.717, 1.165) is 17.6 Å². The zero-order valence-electron chi connectivity index (χ0n) is 9.94. The van der Waals surface area contributed by atoms with Gasteiger partial charge in [-0.15, -0.1) is 0 Å². The lowest BCUT2D eigenvalue weighted by molar-refractivity contribution is 0.0752. The number of rotatable bonds is 3. The van der Waals surface area contributed by atoms with Gasteiger partial charge < -0.3 is 5.11 Å². The van der Waals surface area contributed by atoms with Crippen molar-refractivity contribution in [2.45, 2.75) is 30.2 Å². The highest BCUT2D eigenvalue weighted by Gasteiger charge is 2.31. The summed E-state index contributed by atoms with van der Waals surface area (Å²) in [6, 6.07) is 9.87. The maximum absolute atomic E-state index is 10.9. The van der Waals surface area contributed by atoms with Gasteiger partial charge in [-0.3, -0.25) is 0 Å². The lowest BCUT2D eigenvalue weighted by Crippen LogP contribution is -2.28. The first-order valence-electron chi connectivity index (χ1n) is 5.97. The van der Waals surface area contributed by atoms with Crippen LogP contribution in [0.15, 0.2) is 54.1 Å². The van der Waals surface area contributed by atoms with Crippen molar-refractivity contribution in [1.29, 1.82) is 0 Å².